The van der Waals surface area contributed by atoms with E-state index in [1.54, 1.807) is 6.07 Å². The van der Waals surface area contributed by atoms with Gasteiger partial charge in [0.25, 0.3) is 0 Å². The zero-order valence-corrected chi connectivity index (χ0v) is 12.1. The number of hydrogen-bond donors (Lipinski definition) is 2. The van der Waals surface area contributed by atoms with E-state index in [0.717, 1.165) is 37.3 Å². The van der Waals surface area contributed by atoms with Crippen molar-refractivity contribution in [3.05, 3.63) is 35.1 Å². The number of nitrogens with one attached hydrogen (secondary N) is 1. The number of benzene rings is 1. The van der Waals surface area contributed by atoms with Gasteiger partial charge >= 0.3 is 0 Å². The predicted molar refractivity (Wildman–Crippen MR) is 76.8 cm³/mol. The van der Waals surface area contributed by atoms with Gasteiger partial charge in [-0.3, -0.25) is 0 Å². The van der Waals surface area contributed by atoms with Crippen LogP contribution < -0.4 is 5.32 Å². The molecule has 1 aromatic carbocycles. The Bertz CT molecular complexity index is 380. The Kier molecular flexibility index (Phi) is 6.99. The average molecular weight is 268 g/mol. The molecule has 0 aliphatic heterocycles. The second-order valence-corrected chi connectivity index (χ2v) is 4.72. The van der Waals surface area contributed by atoms with Crippen LogP contribution in [0.25, 0.3) is 0 Å². The lowest BCUT2D eigenvalue weighted by Gasteiger charge is -2.22. The van der Waals surface area contributed by atoms with E-state index in [1.165, 1.54) is 12.1 Å². The third kappa shape index (κ3) is 4.90. The normalized spacial score (nSPS) is 12.9. The fourth-order valence-corrected chi connectivity index (χ4v) is 2.24. The van der Waals surface area contributed by atoms with Crippen molar-refractivity contribution in [2.24, 2.45) is 0 Å². The first-order valence-electron chi connectivity index (χ1n) is 6.95. The molecular formula is C15H25FN2O. The summed E-state index contributed by atoms with van der Waals surface area (Å²) in [5.74, 6) is -0.235. The first-order chi connectivity index (χ1) is 9.12. The molecule has 108 valence electrons. The lowest BCUT2D eigenvalue weighted by molar-refractivity contribution is 0.233. The second kappa shape index (κ2) is 8.25. The van der Waals surface area contributed by atoms with Crippen LogP contribution in [0.15, 0.2) is 18.2 Å². The number of aryl methyl sites for hydroxylation is 1. The molecule has 0 aliphatic carbocycles. The summed E-state index contributed by atoms with van der Waals surface area (Å²) in [7, 11) is 0. The molecule has 4 heteroatoms. The number of halogens is 1. The summed E-state index contributed by atoms with van der Waals surface area (Å²) >= 11 is 0. The van der Waals surface area contributed by atoms with Crippen LogP contribution in [0.5, 0.6) is 0 Å². The highest BCUT2D eigenvalue weighted by molar-refractivity contribution is 5.29. The van der Waals surface area contributed by atoms with E-state index in [-0.39, 0.29) is 18.5 Å². The molecule has 1 unspecified atom stereocenters. The maximum atomic E-state index is 13.1. The Hall–Kier alpha value is -0.970. The van der Waals surface area contributed by atoms with Crippen molar-refractivity contribution in [2.75, 3.05) is 32.8 Å². The zero-order chi connectivity index (χ0) is 14.3. The minimum absolute atomic E-state index is 0.0186. The molecule has 0 radical (unpaired) electrons. The summed E-state index contributed by atoms with van der Waals surface area (Å²) in [6, 6.07) is 4.56. The van der Waals surface area contributed by atoms with Crippen LogP contribution in [0.3, 0.4) is 0 Å². The fraction of sp³-hybridized carbons (Fsp3) is 0.600. The maximum absolute atomic E-state index is 13.1. The summed E-state index contributed by atoms with van der Waals surface area (Å²) in [5, 5.41) is 12.8. The maximum Gasteiger partial charge on any atom is 0.123 e. The van der Waals surface area contributed by atoms with E-state index in [4.69, 9.17) is 0 Å². The van der Waals surface area contributed by atoms with Crippen LogP contribution in [0.4, 0.5) is 4.39 Å². The number of rotatable bonds is 8. The monoisotopic (exact) mass is 268 g/mol. The molecule has 0 saturated carbocycles. The van der Waals surface area contributed by atoms with E-state index in [2.05, 4.69) is 24.1 Å². The van der Waals surface area contributed by atoms with Gasteiger partial charge < -0.3 is 15.3 Å². The summed E-state index contributed by atoms with van der Waals surface area (Å²) in [4.78, 5) is 2.32. The molecule has 19 heavy (non-hydrogen) atoms. The lowest BCUT2D eigenvalue weighted by Crippen LogP contribution is -2.35. The molecule has 0 saturated heterocycles. The molecule has 1 rings (SSSR count). The Balaban J connectivity index is 2.58. The van der Waals surface area contributed by atoms with Gasteiger partial charge in [-0.15, -0.1) is 0 Å². The zero-order valence-electron chi connectivity index (χ0n) is 12.1. The van der Waals surface area contributed by atoms with Crippen LogP contribution in [0.1, 0.15) is 31.0 Å². The Morgan fingerprint density at radius 2 is 2.00 bits per heavy atom. The van der Waals surface area contributed by atoms with Crippen molar-refractivity contribution < 1.29 is 9.50 Å². The highest BCUT2D eigenvalue weighted by Crippen LogP contribution is 2.18. The minimum atomic E-state index is -0.235. The SMILES string of the molecule is CCN(CC)CCNC(CO)c1ccc(F)cc1C. The number of aliphatic hydroxyl groups excluding tert-OH is 1. The molecule has 0 amide bonds. The quantitative estimate of drug-likeness (QED) is 0.758. The van der Waals surface area contributed by atoms with Gasteiger partial charge in [-0.1, -0.05) is 19.9 Å². The van der Waals surface area contributed by atoms with E-state index < -0.39 is 0 Å². The van der Waals surface area contributed by atoms with Crippen molar-refractivity contribution in [1.82, 2.24) is 10.2 Å². The molecule has 0 heterocycles. The van der Waals surface area contributed by atoms with Crippen molar-refractivity contribution >= 4 is 0 Å². The number of nitrogens with zero attached hydrogens (tertiary/aromatic N) is 1. The third-order valence-corrected chi connectivity index (χ3v) is 3.50. The highest BCUT2D eigenvalue weighted by Gasteiger charge is 2.12. The topological polar surface area (TPSA) is 35.5 Å². The van der Waals surface area contributed by atoms with Gasteiger partial charge in [0.2, 0.25) is 0 Å². The van der Waals surface area contributed by atoms with Gasteiger partial charge in [-0.2, -0.15) is 0 Å². The third-order valence-electron chi connectivity index (χ3n) is 3.50. The lowest BCUT2D eigenvalue weighted by atomic mass is 10.0. The van der Waals surface area contributed by atoms with Crippen LogP contribution in [-0.2, 0) is 0 Å². The van der Waals surface area contributed by atoms with Crippen molar-refractivity contribution in [2.45, 2.75) is 26.8 Å². The van der Waals surface area contributed by atoms with Crippen LogP contribution >= 0.6 is 0 Å². The van der Waals surface area contributed by atoms with Crippen molar-refractivity contribution in [1.29, 1.82) is 0 Å². The second-order valence-electron chi connectivity index (χ2n) is 4.72. The predicted octanol–water partition coefficient (Wildman–Crippen LogP) is 2.10. The number of likely N-dealkylation sites (N-methyl/N-ethyl adjacent to an activating group) is 1. The van der Waals surface area contributed by atoms with E-state index in [1.807, 2.05) is 6.92 Å². The molecule has 3 nitrogen and oxygen atoms in total. The minimum Gasteiger partial charge on any atom is -0.394 e. The molecule has 2 N–H and O–H groups in total. The first-order valence-corrected chi connectivity index (χ1v) is 6.95. The van der Waals surface area contributed by atoms with Gasteiger partial charge in [0, 0.05) is 13.1 Å². The summed E-state index contributed by atoms with van der Waals surface area (Å²) in [6.45, 7) is 9.97. The van der Waals surface area contributed by atoms with E-state index in [9.17, 15) is 9.50 Å². The molecular weight excluding hydrogens is 243 g/mol. The van der Waals surface area contributed by atoms with Gasteiger partial charge in [-0.05, 0) is 43.3 Å². The molecule has 0 aromatic heterocycles. The van der Waals surface area contributed by atoms with Crippen molar-refractivity contribution in [3.63, 3.8) is 0 Å². The molecule has 0 fully saturated rings. The highest BCUT2D eigenvalue weighted by atomic mass is 19.1. The van der Waals surface area contributed by atoms with E-state index in [0.29, 0.717) is 0 Å². The molecule has 0 spiro atoms. The standard InChI is InChI=1S/C15H25FN2O/c1-4-18(5-2)9-8-17-15(11-19)14-7-6-13(16)10-12(14)3/h6-7,10,15,17,19H,4-5,8-9,11H2,1-3H3. The molecule has 1 atom stereocenters. The van der Waals surface area contributed by atoms with Gasteiger partial charge in [0.15, 0.2) is 0 Å². The summed E-state index contributed by atoms with van der Waals surface area (Å²) in [6.07, 6.45) is 0. The number of hydrogen-bond acceptors (Lipinski definition) is 3. The first kappa shape index (κ1) is 16.1. The molecule has 0 aliphatic rings. The van der Waals surface area contributed by atoms with Gasteiger partial charge in [0.1, 0.15) is 5.82 Å². The Morgan fingerprint density at radius 3 is 2.53 bits per heavy atom. The van der Waals surface area contributed by atoms with Crippen LogP contribution in [0, 0.1) is 12.7 Å². The van der Waals surface area contributed by atoms with E-state index >= 15 is 0 Å². The van der Waals surface area contributed by atoms with Crippen molar-refractivity contribution in [3.8, 4) is 0 Å². The van der Waals surface area contributed by atoms with Gasteiger partial charge in [0.05, 0.1) is 12.6 Å². The van der Waals surface area contributed by atoms with Crippen LogP contribution in [-0.4, -0.2) is 42.8 Å². The smallest absolute Gasteiger partial charge is 0.123 e. The largest absolute Gasteiger partial charge is 0.394 e. The van der Waals surface area contributed by atoms with Crippen LogP contribution in [0.2, 0.25) is 0 Å². The molecule has 1 aromatic rings. The molecule has 0 bridgehead atoms. The summed E-state index contributed by atoms with van der Waals surface area (Å²) in [5.41, 5.74) is 1.83. The average Bonchev–Trinajstić information content (AvgIpc) is 2.40. The number of aliphatic hydroxyl groups is 1. The van der Waals surface area contributed by atoms with Gasteiger partial charge in [-0.25, -0.2) is 4.39 Å². The Labute approximate surface area is 115 Å². The summed E-state index contributed by atoms with van der Waals surface area (Å²) < 4.78 is 13.1. The Morgan fingerprint density at radius 1 is 1.32 bits per heavy atom. The fourth-order valence-electron chi connectivity index (χ4n) is 2.24.